The van der Waals surface area contributed by atoms with Crippen LogP contribution in [0.2, 0.25) is 0 Å². The van der Waals surface area contributed by atoms with E-state index in [0.717, 1.165) is 0 Å². The fourth-order valence-electron chi connectivity index (χ4n) is 3.58. The molecule has 0 spiro atoms. The zero-order valence-corrected chi connectivity index (χ0v) is 15.7. The summed E-state index contributed by atoms with van der Waals surface area (Å²) in [4.78, 5) is 2.18. The zero-order chi connectivity index (χ0) is 23.1. The van der Waals surface area contributed by atoms with Gasteiger partial charge in [-0.2, -0.15) is 26.3 Å². The van der Waals surface area contributed by atoms with Crippen molar-refractivity contribution in [2.75, 3.05) is 33.2 Å². The molecule has 0 N–H and O–H groups in total. The van der Waals surface area contributed by atoms with Gasteiger partial charge in [0.05, 0.1) is 0 Å². The molecule has 2 fully saturated rings. The van der Waals surface area contributed by atoms with Crippen molar-refractivity contribution in [2.45, 2.75) is 67.9 Å². The van der Waals surface area contributed by atoms with Crippen LogP contribution in [0.15, 0.2) is 0 Å². The molecule has 2 aliphatic rings. The maximum Gasteiger partial charge on any atom is 0.429 e. The molecule has 2 aliphatic heterocycles. The third kappa shape index (κ3) is 4.79. The summed E-state index contributed by atoms with van der Waals surface area (Å²) in [7, 11) is 1.60. The summed E-state index contributed by atoms with van der Waals surface area (Å²) in [6.07, 6.45) is -28.3. The van der Waals surface area contributed by atoms with Gasteiger partial charge < -0.3 is 9.64 Å². The van der Waals surface area contributed by atoms with E-state index in [1.807, 2.05) is 0 Å². The fraction of sp³-hybridized carbons (Fsp3) is 1.00. The highest BCUT2D eigenvalue weighted by Gasteiger charge is 2.70. The number of rotatable bonds is 5. The van der Waals surface area contributed by atoms with Crippen molar-refractivity contribution < 1.29 is 53.0 Å². The van der Waals surface area contributed by atoms with Crippen LogP contribution in [-0.4, -0.2) is 91.6 Å². The van der Waals surface area contributed by atoms with E-state index in [1.165, 1.54) is 0 Å². The minimum atomic E-state index is -6.01. The van der Waals surface area contributed by atoms with E-state index in [2.05, 4.69) is 4.74 Å². The molecular formula is C16H21F11N2O. The Morgan fingerprint density at radius 2 is 1.30 bits per heavy atom. The maximum absolute atomic E-state index is 15.2. The van der Waals surface area contributed by atoms with Gasteiger partial charge in [0.15, 0.2) is 6.30 Å². The van der Waals surface area contributed by atoms with Crippen molar-refractivity contribution >= 4 is 0 Å². The quantitative estimate of drug-likeness (QED) is 0.445. The van der Waals surface area contributed by atoms with E-state index in [1.54, 1.807) is 11.9 Å². The van der Waals surface area contributed by atoms with Gasteiger partial charge in [-0.1, -0.05) is 0 Å². The molecule has 30 heavy (non-hydrogen) atoms. The van der Waals surface area contributed by atoms with Crippen LogP contribution >= 0.6 is 0 Å². The van der Waals surface area contributed by atoms with Gasteiger partial charge in [0, 0.05) is 26.2 Å². The number of nitrogens with zero attached hydrogens (tertiary/aromatic N) is 2. The maximum atomic E-state index is 15.2. The van der Waals surface area contributed by atoms with Gasteiger partial charge in [0.2, 0.25) is 0 Å². The van der Waals surface area contributed by atoms with E-state index in [4.69, 9.17) is 0 Å². The SMILES string of the molecule is CN1CCN(C(F)C(F)(C2CCCC(C(F)(F)C(F)C(F)(F)F)O2)C(F)(F)F)CC1. The first-order chi connectivity index (χ1) is 13.5. The normalized spacial score (nSPS) is 30.0. The lowest BCUT2D eigenvalue weighted by atomic mass is 9.87. The standard InChI is InChI=1S/C16H21F11N2O/c1-28-5-7-29(8-6-28)12(18)13(19,16(25,26)27)9-3-2-4-10(30-9)14(20,21)11(17)15(22,23)24/h9-12H,2-8H2,1H3. The average Bonchev–Trinajstić information content (AvgIpc) is 2.65. The largest absolute Gasteiger partial charge is 0.429 e. The lowest BCUT2D eigenvalue weighted by Gasteiger charge is -2.46. The van der Waals surface area contributed by atoms with Crippen LogP contribution in [0.5, 0.6) is 0 Å². The second-order valence-electron chi connectivity index (χ2n) is 7.56. The molecule has 0 bridgehead atoms. The Hall–Kier alpha value is -0.890. The van der Waals surface area contributed by atoms with Crippen molar-refractivity contribution in [3.63, 3.8) is 0 Å². The second kappa shape index (κ2) is 8.57. The molecule has 0 saturated carbocycles. The summed E-state index contributed by atoms with van der Waals surface area (Å²) in [5.74, 6) is -5.27. The van der Waals surface area contributed by atoms with Crippen molar-refractivity contribution in [1.29, 1.82) is 0 Å². The zero-order valence-electron chi connectivity index (χ0n) is 15.7. The Balaban J connectivity index is 2.29. The average molecular weight is 466 g/mol. The summed E-state index contributed by atoms with van der Waals surface area (Å²) in [6, 6.07) is 0. The lowest BCUT2D eigenvalue weighted by Crippen LogP contribution is -2.67. The van der Waals surface area contributed by atoms with Gasteiger partial charge in [-0.05, 0) is 26.3 Å². The van der Waals surface area contributed by atoms with Crippen LogP contribution in [0.3, 0.4) is 0 Å². The smallest absolute Gasteiger partial charge is 0.365 e. The molecule has 178 valence electrons. The Labute approximate surface area is 165 Å². The van der Waals surface area contributed by atoms with Crippen LogP contribution in [0.1, 0.15) is 19.3 Å². The molecule has 0 aromatic carbocycles. The van der Waals surface area contributed by atoms with Crippen LogP contribution in [0.25, 0.3) is 0 Å². The van der Waals surface area contributed by atoms with E-state index >= 15 is 4.39 Å². The van der Waals surface area contributed by atoms with Crippen LogP contribution in [0.4, 0.5) is 48.3 Å². The summed E-state index contributed by atoms with van der Waals surface area (Å²) in [5.41, 5.74) is -4.79. The molecular weight excluding hydrogens is 445 g/mol. The Kier molecular flexibility index (Phi) is 7.24. The second-order valence-corrected chi connectivity index (χ2v) is 7.56. The van der Waals surface area contributed by atoms with Gasteiger partial charge in [-0.25, -0.2) is 22.0 Å². The van der Waals surface area contributed by atoms with Gasteiger partial charge in [-0.3, -0.25) is 4.90 Å². The van der Waals surface area contributed by atoms with Gasteiger partial charge in [-0.15, -0.1) is 0 Å². The summed E-state index contributed by atoms with van der Waals surface area (Å²) >= 11 is 0. The van der Waals surface area contributed by atoms with Gasteiger partial charge >= 0.3 is 18.3 Å². The van der Waals surface area contributed by atoms with E-state index < -0.39 is 67.9 Å². The first kappa shape index (κ1) is 25.4. The molecule has 5 atom stereocenters. The Morgan fingerprint density at radius 1 is 0.800 bits per heavy atom. The molecule has 2 rings (SSSR count). The fourth-order valence-corrected chi connectivity index (χ4v) is 3.58. The predicted molar refractivity (Wildman–Crippen MR) is 82.3 cm³/mol. The van der Waals surface area contributed by atoms with Crippen molar-refractivity contribution in [2.24, 2.45) is 0 Å². The summed E-state index contributed by atoms with van der Waals surface area (Å²) in [5, 5.41) is 0. The van der Waals surface area contributed by atoms with Crippen molar-refractivity contribution in [1.82, 2.24) is 9.80 Å². The molecule has 3 nitrogen and oxygen atoms in total. The molecule has 0 aromatic rings. The first-order valence-corrected chi connectivity index (χ1v) is 9.09. The van der Waals surface area contributed by atoms with Crippen LogP contribution in [-0.2, 0) is 4.74 Å². The summed E-state index contributed by atoms with van der Waals surface area (Å²) < 4.78 is 153. The number of halogens is 11. The minimum absolute atomic E-state index is 0.107. The topological polar surface area (TPSA) is 15.7 Å². The van der Waals surface area contributed by atoms with E-state index in [-0.39, 0.29) is 26.2 Å². The molecule has 0 radical (unpaired) electrons. The number of piperazine rings is 1. The third-order valence-corrected chi connectivity index (χ3v) is 5.42. The monoisotopic (exact) mass is 466 g/mol. The van der Waals surface area contributed by atoms with Crippen molar-refractivity contribution in [3.05, 3.63) is 0 Å². The Morgan fingerprint density at radius 3 is 1.77 bits per heavy atom. The van der Waals surface area contributed by atoms with E-state index in [0.29, 0.717) is 4.90 Å². The minimum Gasteiger partial charge on any atom is -0.365 e. The molecule has 2 heterocycles. The molecule has 14 heteroatoms. The van der Waals surface area contributed by atoms with Crippen molar-refractivity contribution in [3.8, 4) is 0 Å². The van der Waals surface area contributed by atoms with Crippen LogP contribution < -0.4 is 0 Å². The number of hydrogen-bond donors (Lipinski definition) is 0. The van der Waals surface area contributed by atoms with Gasteiger partial charge in [0.25, 0.3) is 11.8 Å². The number of likely N-dealkylation sites (N-methyl/N-ethyl adjacent to an activating group) is 1. The molecule has 5 unspecified atom stereocenters. The highest BCUT2D eigenvalue weighted by molar-refractivity contribution is 5.04. The highest BCUT2D eigenvalue weighted by atomic mass is 19.4. The lowest BCUT2D eigenvalue weighted by molar-refractivity contribution is -0.335. The van der Waals surface area contributed by atoms with Gasteiger partial charge in [0.1, 0.15) is 12.2 Å². The molecule has 0 aromatic heterocycles. The molecule has 0 amide bonds. The van der Waals surface area contributed by atoms with E-state index in [9.17, 15) is 43.9 Å². The molecule has 0 aliphatic carbocycles. The number of alkyl halides is 11. The highest BCUT2D eigenvalue weighted by Crippen LogP contribution is 2.49. The predicted octanol–water partition coefficient (Wildman–Crippen LogP) is 4.27. The molecule has 2 saturated heterocycles. The van der Waals surface area contributed by atoms with Crippen LogP contribution in [0, 0.1) is 0 Å². The first-order valence-electron chi connectivity index (χ1n) is 9.09. The summed E-state index contributed by atoms with van der Waals surface area (Å²) in [6.45, 7) is -0.385. The third-order valence-electron chi connectivity index (χ3n) is 5.42. The number of ether oxygens (including phenoxy) is 1. The number of hydrogen-bond acceptors (Lipinski definition) is 3. The Bertz CT molecular complexity index is 577.